The van der Waals surface area contributed by atoms with Crippen molar-refractivity contribution in [2.75, 3.05) is 25.6 Å². The Balaban J connectivity index is 0.000000336. The number of nitrogens with zero attached hydrogens (tertiary/aromatic N) is 1. The number of aromatic carboxylic acids is 1. The Hall–Kier alpha value is -3.47. The summed E-state index contributed by atoms with van der Waals surface area (Å²) in [5, 5.41) is 14.3. The van der Waals surface area contributed by atoms with Crippen LogP contribution in [0.4, 0.5) is 14.9 Å². The number of nitrogens with one attached hydrogen (secondary N) is 2. The molecule has 1 aromatic carbocycles. The third kappa shape index (κ3) is 14.1. The van der Waals surface area contributed by atoms with Crippen molar-refractivity contribution in [3.63, 3.8) is 0 Å². The average Bonchev–Trinajstić information content (AvgIpc) is 3.51. The molecule has 2 aromatic rings. The highest BCUT2D eigenvalue weighted by atomic mass is 19.1. The third-order valence-electron chi connectivity index (χ3n) is 6.59. The van der Waals surface area contributed by atoms with Gasteiger partial charge in [-0.2, -0.15) is 0 Å². The second-order valence-corrected chi connectivity index (χ2v) is 11.1. The fourth-order valence-electron chi connectivity index (χ4n) is 4.04. The lowest BCUT2D eigenvalue weighted by molar-refractivity contribution is -0.111. The number of carboxylic acids is 1. The fourth-order valence-corrected chi connectivity index (χ4v) is 4.04. The minimum atomic E-state index is -1.11. The summed E-state index contributed by atoms with van der Waals surface area (Å²) in [6.45, 7) is 10.2. The standard InChI is InChI=1S/C14H26FNO3.C10H7NO4.C6H13N/c1-5-11(10-17)7-6-8-12(9-15)16-13(18)19-14(2,3)4;12-5-11-7-1-2-8-6(3-7)4-9(15-8)10(13)14;1-6-4-3-5-7(6)2/h10-12H,5-9H2,1-4H3,(H,16,18);1-5H,(H,11,12)(H,13,14);6H,3-5H2,1-2H3. The van der Waals surface area contributed by atoms with E-state index in [0.717, 1.165) is 25.2 Å². The molecule has 1 fully saturated rings. The van der Waals surface area contributed by atoms with E-state index in [1.54, 1.807) is 39.0 Å². The van der Waals surface area contributed by atoms with Crippen molar-refractivity contribution in [1.82, 2.24) is 10.2 Å². The van der Waals surface area contributed by atoms with Gasteiger partial charge in [-0.15, -0.1) is 0 Å². The van der Waals surface area contributed by atoms with Crippen LogP contribution in [0.3, 0.4) is 0 Å². The number of alkyl halides is 1. The summed E-state index contributed by atoms with van der Waals surface area (Å²) in [5.41, 5.74) is 0.481. The number of likely N-dealkylation sites (tertiary alicyclic amines) is 1. The van der Waals surface area contributed by atoms with Crippen molar-refractivity contribution in [1.29, 1.82) is 0 Å². The topological polar surface area (TPSA) is 138 Å². The van der Waals surface area contributed by atoms with E-state index in [9.17, 15) is 23.6 Å². The molecule has 41 heavy (non-hydrogen) atoms. The van der Waals surface area contributed by atoms with E-state index < -0.39 is 30.4 Å². The molecule has 2 amide bonds. The maximum atomic E-state index is 12.8. The number of halogens is 1. The molecule has 2 heterocycles. The smallest absolute Gasteiger partial charge is 0.407 e. The zero-order chi connectivity index (χ0) is 31.0. The Morgan fingerprint density at radius 1 is 1.24 bits per heavy atom. The summed E-state index contributed by atoms with van der Waals surface area (Å²) in [7, 11) is 2.19. The van der Waals surface area contributed by atoms with Gasteiger partial charge in [0.25, 0.3) is 0 Å². The number of furan rings is 1. The Morgan fingerprint density at radius 3 is 2.41 bits per heavy atom. The summed E-state index contributed by atoms with van der Waals surface area (Å²) in [6, 6.07) is 6.59. The van der Waals surface area contributed by atoms with Gasteiger partial charge in [0.05, 0.1) is 6.04 Å². The van der Waals surface area contributed by atoms with Gasteiger partial charge in [-0.3, -0.25) is 4.79 Å². The second kappa shape index (κ2) is 18.1. The van der Waals surface area contributed by atoms with E-state index in [4.69, 9.17) is 14.3 Å². The first kappa shape index (κ1) is 35.6. The number of ether oxygens (including phenoxy) is 1. The number of rotatable bonds is 11. The van der Waals surface area contributed by atoms with E-state index in [1.165, 1.54) is 25.5 Å². The number of anilines is 1. The number of carbonyl (C=O) groups is 4. The number of alkyl carbamates (subject to hydrolysis) is 1. The van der Waals surface area contributed by atoms with Gasteiger partial charge in [-0.25, -0.2) is 14.0 Å². The molecule has 1 aromatic heterocycles. The van der Waals surface area contributed by atoms with Crippen LogP contribution in [0, 0.1) is 5.92 Å². The first-order valence-electron chi connectivity index (χ1n) is 14.0. The molecule has 1 aliphatic heterocycles. The summed E-state index contributed by atoms with van der Waals surface area (Å²) in [4.78, 5) is 45.3. The van der Waals surface area contributed by atoms with Crippen LogP contribution in [0.1, 0.15) is 83.7 Å². The van der Waals surface area contributed by atoms with Crippen molar-refractivity contribution in [2.45, 2.75) is 90.8 Å². The van der Waals surface area contributed by atoms with Crippen LogP contribution in [0.5, 0.6) is 0 Å². The number of amides is 2. The Labute approximate surface area is 242 Å². The predicted octanol–water partition coefficient (Wildman–Crippen LogP) is 6.04. The van der Waals surface area contributed by atoms with Gasteiger partial charge < -0.3 is 34.6 Å². The first-order chi connectivity index (χ1) is 19.3. The monoisotopic (exact) mass is 579 g/mol. The predicted molar refractivity (Wildman–Crippen MR) is 157 cm³/mol. The number of benzene rings is 1. The third-order valence-corrected chi connectivity index (χ3v) is 6.59. The number of fused-ring (bicyclic) bond motifs is 1. The molecule has 0 radical (unpaired) electrons. The van der Waals surface area contributed by atoms with Crippen molar-refractivity contribution in [3.05, 3.63) is 30.0 Å². The molecular weight excluding hydrogens is 533 g/mol. The van der Waals surface area contributed by atoms with Crippen molar-refractivity contribution in [2.24, 2.45) is 5.92 Å². The molecule has 11 heteroatoms. The van der Waals surface area contributed by atoms with Crippen molar-refractivity contribution < 1.29 is 37.8 Å². The van der Waals surface area contributed by atoms with Gasteiger partial charge >= 0.3 is 12.1 Å². The highest BCUT2D eigenvalue weighted by Crippen LogP contribution is 2.22. The van der Waals surface area contributed by atoms with Crippen LogP contribution in [-0.2, 0) is 14.3 Å². The quantitative estimate of drug-likeness (QED) is 0.274. The SMILES string of the molecule is CC1CCCN1C.CCC(C=O)CCCC(CF)NC(=O)OC(C)(C)C.O=CNc1ccc2oc(C(=O)O)cc2c1. The zero-order valence-corrected chi connectivity index (χ0v) is 25.1. The summed E-state index contributed by atoms with van der Waals surface area (Å²) in [6.07, 6.45) is 6.44. The molecule has 0 bridgehead atoms. The summed E-state index contributed by atoms with van der Waals surface area (Å²) < 4.78 is 22.9. The number of carboxylic acid groups (broad SMARTS) is 1. The Bertz CT molecular complexity index is 1090. The lowest BCUT2D eigenvalue weighted by atomic mass is 9.99. The molecule has 0 aliphatic carbocycles. The lowest BCUT2D eigenvalue weighted by Gasteiger charge is -2.22. The molecule has 3 rings (SSSR count). The number of carbonyl (C=O) groups excluding carboxylic acids is 3. The minimum Gasteiger partial charge on any atom is -0.475 e. The highest BCUT2D eigenvalue weighted by molar-refractivity contribution is 5.93. The largest absolute Gasteiger partial charge is 0.475 e. The summed E-state index contributed by atoms with van der Waals surface area (Å²) >= 11 is 0. The normalized spacial score (nSPS) is 16.3. The van der Waals surface area contributed by atoms with Gasteiger partial charge in [0.1, 0.15) is 24.1 Å². The molecule has 1 aliphatic rings. The van der Waals surface area contributed by atoms with E-state index >= 15 is 0 Å². The van der Waals surface area contributed by atoms with Gasteiger partial charge in [-0.05, 0) is 97.7 Å². The minimum absolute atomic E-state index is 0.0294. The molecule has 1 saturated heterocycles. The molecule has 3 N–H and O–H groups in total. The first-order valence-corrected chi connectivity index (χ1v) is 14.0. The lowest BCUT2D eigenvalue weighted by Crippen LogP contribution is -2.40. The van der Waals surface area contributed by atoms with Crippen LogP contribution in [0.15, 0.2) is 28.7 Å². The molecule has 10 nitrogen and oxygen atoms in total. The van der Waals surface area contributed by atoms with Crippen molar-refractivity contribution in [3.8, 4) is 0 Å². The number of hydrogen-bond donors (Lipinski definition) is 3. The van der Waals surface area contributed by atoms with Crippen LogP contribution >= 0.6 is 0 Å². The molecular formula is C30H46FN3O7. The van der Waals surface area contributed by atoms with Crippen LogP contribution in [0.25, 0.3) is 11.0 Å². The van der Waals surface area contributed by atoms with Gasteiger partial charge in [-0.1, -0.05) is 13.3 Å². The van der Waals surface area contributed by atoms with Crippen LogP contribution in [0.2, 0.25) is 0 Å². The van der Waals surface area contributed by atoms with E-state index in [1.807, 2.05) is 6.92 Å². The molecule has 0 saturated carbocycles. The molecule has 3 atom stereocenters. The number of hydrogen-bond acceptors (Lipinski definition) is 7. The Morgan fingerprint density at radius 2 is 1.95 bits per heavy atom. The zero-order valence-electron chi connectivity index (χ0n) is 25.1. The van der Waals surface area contributed by atoms with Crippen LogP contribution < -0.4 is 10.6 Å². The fraction of sp³-hybridized carbons (Fsp3) is 0.600. The highest BCUT2D eigenvalue weighted by Gasteiger charge is 2.19. The van der Waals surface area contributed by atoms with Gasteiger partial charge in [0.2, 0.25) is 12.2 Å². The second-order valence-electron chi connectivity index (χ2n) is 11.1. The van der Waals surface area contributed by atoms with E-state index in [-0.39, 0.29) is 11.7 Å². The van der Waals surface area contributed by atoms with Gasteiger partial charge in [0, 0.05) is 23.0 Å². The summed E-state index contributed by atoms with van der Waals surface area (Å²) in [5.74, 6) is -1.20. The molecule has 230 valence electrons. The van der Waals surface area contributed by atoms with E-state index in [2.05, 4.69) is 29.5 Å². The molecule has 0 spiro atoms. The number of aldehydes is 1. The maximum absolute atomic E-state index is 12.8. The molecule has 3 unspecified atom stereocenters. The maximum Gasteiger partial charge on any atom is 0.407 e. The average molecular weight is 580 g/mol. The van der Waals surface area contributed by atoms with Gasteiger partial charge in [0.15, 0.2) is 0 Å². The van der Waals surface area contributed by atoms with Crippen molar-refractivity contribution >= 4 is 41.4 Å². The Kier molecular flexibility index (Phi) is 15.7. The van der Waals surface area contributed by atoms with Crippen LogP contribution in [-0.4, -0.2) is 72.7 Å². The van der Waals surface area contributed by atoms with E-state index in [0.29, 0.717) is 35.9 Å².